The predicted octanol–water partition coefficient (Wildman–Crippen LogP) is 2.29. The summed E-state index contributed by atoms with van der Waals surface area (Å²) < 4.78 is 31.4. The highest BCUT2D eigenvalue weighted by atomic mass is 19.3. The van der Waals surface area contributed by atoms with Crippen molar-refractivity contribution >= 4 is 5.91 Å². The molecule has 0 saturated carbocycles. The first kappa shape index (κ1) is 17.4. The summed E-state index contributed by atoms with van der Waals surface area (Å²) in [6, 6.07) is 7.36. The van der Waals surface area contributed by atoms with Crippen LogP contribution < -0.4 is 15.8 Å². The van der Waals surface area contributed by atoms with E-state index in [1.165, 1.54) is 6.92 Å². The zero-order valence-electron chi connectivity index (χ0n) is 12.5. The van der Waals surface area contributed by atoms with Gasteiger partial charge in [-0.05, 0) is 30.5 Å². The minimum absolute atomic E-state index is 0.334. The van der Waals surface area contributed by atoms with Crippen molar-refractivity contribution in [1.29, 1.82) is 0 Å². The Balaban J connectivity index is 2.58. The molecule has 3 N–H and O–H groups in total. The zero-order chi connectivity index (χ0) is 16.0. The molecule has 0 fully saturated rings. The minimum atomic E-state index is -3.10. The number of hydrogen-bond acceptors (Lipinski definition) is 3. The topological polar surface area (TPSA) is 64.3 Å². The Morgan fingerprint density at radius 1 is 1.38 bits per heavy atom. The van der Waals surface area contributed by atoms with Crippen LogP contribution in [-0.4, -0.2) is 31.0 Å². The lowest BCUT2D eigenvalue weighted by molar-refractivity contribution is -0.129. The maximum atomic E-state index is 13.0. The van der Waals surface area contributed by atoms with Crippen molar-refractivity contribution in [3.63, 3.8) is 0 Å². The lowest BCUT2D eigenvalue weighted by Gasteiger charge is -2.18. The van der Waals surface area contributed by atoms with Gasteiger partial charge in [-0.1, -0.05) is 26.0 Å². The van der Waals surface area contributed by atoms with Gasteiger partial charge in [-0.25, -0.2) is 8.78 Å². The Bertz CT molecular complexity index is 478. The SMILES string of the molecule is CC(Oc1cccc(C(C)C)c1)C(=O)NCC(F)(F)CN. The van der Waals surface area contributed by atoms with Crippen molar-refractivity contribution in [2.75, 3.05) is 13.1 Å². The molecule has 4 nitrogen and oxygen atoms in total. The fourth-order valence-electron chi connectivity index (χ4n) is 1.64. The lowest BCUT2D eigenvalue weighted by Crippen LogP contribution is -2.45. The molecule has 6 heteroatoms. The molecule has 0 aliphatic carbocycles. The molecule has 1 unspecified atom stereocenters. The highest BCUT2D eigenvalue weighted by Crippen LogP contribution is 2.21. The monoisotopic (exact) mass is 300 g/mol. The summed E-state index contributed by atoms with van der Waals surface area (Å²) in [4.78, 5) is 11.7. The molecule has 0 aliphatic rings. The second-order valence-electron chi connectivity index (χ2n) is 5.27. The van der Waals surface area contributed by atoms with Crippen LogP contribution in [0.25, 0.3) is 0 Å². The van der Waals surface area contributed by atoms with E-state index in [0.29, 0.717) is 11.7 Å². The minimum Gasteiger partial charge on any atom is -0.481 e. The van der Waals surface area contributed by atoms with E-state index in [0.717, 1.165) is 5.56 Å². The van der Waals surface area contributed by atoms with Gasteiger partial charge in [0.2, 0.25) is 0 Å². The van der Waals surface area contributed by atoms with E-state index in [2.05, 4.69) is 5.32 Å². The fraction of sp³-hybridized carbons (Fsp3) is 0.533. The Morgan fingerprint density at radius 3 is 2.62 bits per heavy atom. The largest absolute Gasteiger partial charge is 0.481 e. The third-order valence-corrected chi connectivity index (χ3v) is 3.03. The standard InChI is InChI=1S/C15H22F2N2O2/c1-10(2)12-5-4-6-13(7-12)21-11(3)14(20)19-9-15(16,17)8-18/h4-7,10-11H,8-9,18H2,1-3H3,(H,19,20). The summed E-state index contributed by atoms with van der Waals surface area (Å²) in [6.07, 6.45) is -0.860. The normalized spacial score (nSPS) is 13.1. The number of benzene rings is 1. The molecule has 1 amide bonds. The van der Waals surface area contributed by atoms with Crippen molar-refractivity contribution < 1.29 is 18.3 Å². The number of hydrogen-bond donors (Lipinski definition) is 2. The van der Waals surface area contributed by atoms with Crippen LogP contribution in [0.1, 0.15) is 32.3 Å². The highest BCUT2D eigenvalue weighted by molar-refractivity contribution is 5.80. The number of nitrogens with one attached hydrogen (secondary N) is 1. The number of halogens is 2. The van der Waals surface area contributed by atoms with Crippen LogP contribution in [0.4, 0.5) is 8.78 Å². The van der Waals surface area contributed by atoms with Gasteiger partial charge in [-0.15, -0.1) is 0 Å². The van der Waals surface area contributed by atoms with Gasteiger partial charge in [0.1, 0.15) is 5.75 Å². The second kappa shape index (κ2) is 7.36. The zero-order valence-corrected chi connectivity index (χ0v) is 12.5. The van der Waals surface area contributed by atoms with Gasteiger partial charge in [0, 0.05) is 0 Å². The average molecular weight is 300 g/mol. The van der Waals surface area contributed by atoms with E-state index in [-0.39, 0.29) is 0 Å². The fourth-order valence-corrected chi connectivity index (χ4v) is 1.64. The van der Waals surface area contributed by atoms with Crippen LogP contribution >= 0.6 is 0 Å². The quantitative estimate of drug-likeness (QED) is 0.812. The number of amides is 1. The molecule has 0 aliphatic heterocycles. The smallest absolute Gasteiger partial charge is 0.277 e. The molecular formula is C15H22F2N2O2. The molecular weight excluding hydrogens is 278 g/mol. The molecule has 1 rings (SSSR count). The van der Waals surface area contributed by atoms with E-state index in [1.807, 2.05) is 32.0 Å². The van der Waals surface area contributed by atoms with E-state index in [9.17, 15) is 13.6 Å². The summed E-state index contributed by atoms with van der Waals surface area (Å²) in [5, 5.41) is 2.14. The average Bonchev–Trinajstić information content (AvgIpc) is 2.45. The molecule has 118 valence electrons. The van der Waals surface area contributed by atoms with Crippen molar-refractivity contribution in [2.24, 2.45) is 5.73 Å². The van der Waals surface area contributed by atoms with E-state index >= 15 is 0 Å². The number of rotatable bonds is 7. The highest BCUT2D eigenvalue weighted by Gasteiger charge is 2.28. The van der Waals surface area contributed by atoms with Gasteiger partial charge in [0.25, 0.3) is 11.8 Å². The molecule has 0 aromatic heterocycles. The molecule has 0 bridgehead atoms. The number of ether oxygens (including phenoxy) is 1. The first-order valence-corrected chi connectivity index (χ1v) is 6.87. The van der Waals surface area contributed by atoms with Gasteiger partial charge in [-0.2, -0.15) is 0 Å². The number of carbonyl (C=O) groups is 1. The third kappa shape index (κ3) is 5.67. The Kier molecular flexibility index (Phi) is 6.08. The van der Waals surface area contributed by atoms with E-state index in [1.54, 1.807) is 6.07 Å². The van der Waals surface area contributed by atoms with Crippen LogP contribution in [-0.2, 0) is 4.79 Å². The lowest BCUT2D eigenvalue weighted by atomic mass is 10.0. The Labute approximate surface area is 123 Å². The van der Waals surface area contributed by atoms with Crippen LogP contribution in [0, 0.1) is 0 Å². The van der Waals surface area contributed by atoms with Gasteiger partial charge in [-0.3, -0.25) is 4.79 Å². The van der Waals surface area contributed by atoms with Gasteiger partial charge in [0.05, 0.1) is 13.1 Å². The van der Waals surface area contributed by atoms with Gasteiger partial charge >= 0.3 is 0 Å². The Hall–Kier alpha value is -1.69. The summed E-state index contributed by atoms with van der Waals surface area (Å²) >= 11 is 0. The van der Waals surface area contributed by atoms with Crippen LogP contribution in [0.5, 0.6) is 5.75 Å². The molecule has 1 aromatic rings. The molecule has 0 radical (unpaired) electrons. The summed E-state index contributed by atoms with van der Waals surface area (Å²) in [5.74, 6) is -2.83. The molecule has 0 saturated heterocycles. The summed E-state index contributed by atoms with van der Waals surface area (Å²) in [6.45, 7) is 4.01. The first-order chi connectivity index (χ1) is 9.75. The summed E-state index contributed by atoms with van der Waals surface area (Å²) in [5.41, 5.74) is 5.98. The number of nitrogens with two attached hydrogens (primary N) is 1. The molecule has 21 heavy (non-hydrogen) atoms. The van der Waals surface area contributed by atoms with E-state index in [4.69, 9.17) is 10.5 Å². The van der Waals surface area contributed by atoms with Gasteiger partial charge < -0.3 is 15.8 Å². The van der Waals surface area contributed by atoms with Crippen LogP contribution in [0.2, 0.25) is 0 Å². The Morgan fingerprint density at radius 2 is 2.05 bits per heavy atom. The molecule has 1 atom stereocenters. The van der Waals surface area contributed by atoms with Crippen molar-refractivity contribution in [1.82, 2.24) is 5.32 Å². The predicted molar refractivity (Wildman–Crippen MR) is 77.6 cm³/mol. The first-order valence-electron chi connectivity index (χ1n) is 6.87. The third-order valence-electron chi connectivity index (χ3n) is 3.03. The summed E-state index contributed by atoms with van der Waals surface area (Å²) in [7, 11) is 0. The van der Waals surface area contributed by atoms with Crippen molar-refractivity contribution in [3.8, 4) is 5.75 Å². The van der Waals surface area contributed by atoms with Crippen molar-refractivity contribution in [2.45, 2.75) is 38.7 Å². The molecule has 0 heterocycles. The van der Waals surface area contributed by atoms with Gasteiger partial charge in [0.15, 0.2) is 6.10 Å². The maximum absolute atomic E-state index is 13.0. The molecule has 1 aromatic carbocycles. The maximum Gasteiger partial charge on any atom is 0.277 e. The van der Waals surface area contributed by atoms with Crippen LogP contribution in [0.3, 0.4) is 0 Å². The molecule has 0 spiro atoms. The number of carbonyl (C=O) groups excluding carboxylic acids is 1. The van der Waals surface area contributed by atoms with Crippen molar-refractivity contribution in [3.05, 3.63) is 29.8 Å². The second-order valence-corrected chi connectivity index (χ2v) is 5.27. The van der Waals surface area contributed by atoms with E-state index < -0.39 is 31.0 Å². The number of alkyl halides is 2. The van der Waals surface area contributed by atoms with Crippen LogP contribution in [0.15, 0.2) is 24.3 Å².